The van der Waals surface area contributed by atoms with Crippen LogP contribution in [0, 0.1) is 0 Å². The number of sulfonamides is 1. The van der Waals surface area contributed by atoms with Gasteiger partial charge >= 0.3 is 5.97 Å². The van der Waals surface area contributed by atoms with Crippen LogP contribution in [0.2, 0.25) is 0 Å². The lowest BCUT2D eigenvalue weighted by Crippen LogP contribution is -2.25. The average Bonchev–Trinajstić information content (AvgIpc) is 2.87. The van der Waals surface area contributed by atoms with Gasteiger partial charge in [0, 0.05) is 11.9 Å². The molecule has 1 aromatic heterocycles. The Bertz CT molecular complexity index is 707. The summed E-state index contributed by atoms with van der Waals surface area (Å²) in [7, 11) is -2.17. The molecule has 0 amide bonds. The van der Waals surface area contributed by atoms with Crippen molar-refractivity contribution in [2.24, 2.45) is 0 Å². The lowest BCUT2D eigenvalue weighted by atomic mass is 10.3. The van der Waals surface area contributed by atoms with Gasteiger partial charge in [-0.25, -0.2) is 8.42 Å². The van der Waals surface area contributed by atoms with Crippen LogP contribution in [0.4, 0.5) is 5.69 Å². The molecule has 0 bridgehead atoms. The van der Waals surface area contributed by atoms with E-state index in [0.29, 0.717) is 10.6 Å². The van der Waals surface area contributed by atoms with Crippen molar-refractivity contribution in [2.75, 3.05) is 11.4 Å². The number of hydrogen-bond acceptors (Lipinski definition) is 4. The van der Waals surface area contributed by atoms with E-state index in [1.165, 1.54) is 23.5 Å². The van der Waals surface area contributed by atoms with E-state index in [-0.39, 0.29) is 10.6 Å². The van der Waals surface area contributed by atoms with E-state index in [1.807, 2.05) is 0 Å². The van der Waals surface area contributed by atoms with Crippen LogP contribution < -0.4 is 4.31 Å². The predicted molar refractivity (Wildman–Crippen MR) is 77.7 cm³/mol. The van der Waals surface area contributed by atoms with Gasteiger partial charge in [0.1, 0.15) is 4.21 Å². The second kappa shape index (κ2) is 5.64. The van der Waals surface area contributed by atoms with Crippen molar-refractivity contribution in [1.82, 2.24) is 0 Å². The van der Waals surface area contributed by atoms with Gasteiger partial charge in [0.2, 0.25) is 0 Å². The summed E-state index contributed by atoms with van der Waals surface area (Å²) in [5, 5.41) is 8.71. The van der Waals surface area contributed by atoms with Crippen LogP contribution >= 0.6 is 11.3 Å². The molecular weight excluding hydrogens is 298 g/mol. The van der Waals surface area contributed by atoms with Crippen molar-refractivity contribution in [3.63, 3.8) is 0 Å². The Morgan fingerprint density at radius 1 is 1.20 bits per heavy atom. The highest BCUT2D eigenvalue weighted by Gasteiger charge is 2.23. The average molecular weight is 311 g/mol. The molecule has 0 saturated heterocycles. The number of benzene rings is 1. The zero-order valence-electron chi connectivity index (χ0n) is 10.7. The highest BCUT2D eigenvalue weighted by atomic mass is 32.2. The number of hydrogen-bond donors (Lipinski definition) is 1. The Morgan fingerprint density at radius 2 is 1.85 bits per heavy atom. The minimum atomic E-state index is -3.65. The Morgan fingerprint density at radius 3 is 2.45 bits per heavy atom. The number of carboxylic acid groups (broad SMARTS) is 1. The quantitative estimate of drug-likeness (QED) is 0.918. The van der Waals surface area contributed by atoms with E-state index in [9.17, 15) is 13.2 Å². The molecule has 0 unspecified atom stereocenters. The second-order valence-corrected chi connectivity index (χ2v) is 7.46. The van der Waals surface area contributed by atoms with E-state index in [1.54, 1.807) is 30.3 Å². The molecule has 0 aliphatic carbocycles. The number of rotatable bonds is 5. The number of nitrogens with zero attached hydrogens (tertiary/aromatic N) is 1. The van der Waals surface area contributed by atoms with Crippen LogP contribution in [0.5, 0.6) is 0 Å². The summed E-state index contributed by atoms with van der Waals surface area (Å²) < 4.78 is 26.2. The van der Waals surface area contributed by atoms with Gasteiger partial charge in [-0.05, 0) is 24.3 Å². The van der Waals surface area contributed by atoms with Crippen molar-refractivity contribution in [3.05, 3.63) is 47.3 Å². The van der Waals surface area contributed by atoms with Crippen molar-refractivity contribution < 1.29 is 18.3 Å². The van der Waals surface area contributed by atoms with Gasteiger partial charge in [-0.1, -0.05) is 18.2 Å². The van der Waals surface area contributed by atoms with Crippen molar-refractivity contribution in [1.29, 1.82) is 0 Å². The standard InChI is InChI=1S/C13H13NO4S2/c1-14(10-5-3-2-4-6-10)20(17,18)13-8-7-11(19-13)9-12(15)16/h2-8H,9H2,1H3,(H,15,16). The van der Waals surface area contributed by atoms with E-state index in [4.69, 9.17) is 5.11 Å². The summed E-state index contributed by atoms with van der Waals surface area (Å²) in [6, 6.07) is 11.7. The topological polar surface area (TPSA) is 74.7 Å². The largest absolute Gasteiger partial charge is 0.481 e. The van der Waals surface area contributed by atoms with Crippen molar-refractivity contribution in [2.45, 2.75) is 10.6 Å². The fourth-order valence-corrected chi connectivity index (χ4v) is 4.37. The van der Waals surface area contributed by atoms with Crippen LogP contribution in [0.15, 0.2) is 46.7 Å². The number of anilines is 1. The first-order valence-corrected chi connectivity index (χ1v) is 8.01. The molecule has 0 spiro atoms. The third kappa shape index (κ3) is 3.00. The first-order valence-electron chi connectivity index (χ1n) is 5.76. The van der Waals surface area contributed by atoms with Gasteiger partial charge < -0.3 is 5.11 Å². The number of carbonyl (C=O) groups is 1. The Balaban J connectivity index is 2.31. The summed E-state index contributed by atoms with van der Waals surface area (Å²) in [4.78, 5) is 11.1. The lowest BCUT2D eigenvalue weighted by molar-refractivity contribution is -0.136. The zero-order valence-corrected chi connectivity index (χ0v) is 12.3. The maximum atomic E-state index is 12.4. The van der Waals surface area contributed by atoms with Crippen LogP contribution in [-0.4, -0.2) is 26.5 Å². The summed E-state index contributed by atoms with van der Waals surface area (Å²) in [5.41, 5.74) is 0.556. The molecule has 0 fully saturated rings. The molecule has 2 rings (SSSR count). The number of thiophene rings is 1. The number of carboxylic acids is 1. The molecule has 7 heteroatoms. The van der Waals surface area contributed by atoms with Gasteiger partial charge in [0.25, 0.3) is 10.0 Å². The molecule has 0 saturated carbocycles. The van der Waals surface area contributed by atoms with Gasteiger partial charge in [-0.3, -0.25) is 9.10 Å². The van der Waals surface area contributed by atoms with Gasteiger partial charge in [0.15, 0.2) is 0 Å². The summed E-state index contributed by atoms with van der Waals surface area (Å²) in [6.07, 6.45) is -0.171. The highest BCUT2D eigenvalue weighted by molar-refractivity contribution is 7.94. The molecule has 1 aromatic carbocycles. The third-order valence-corrected chi connectivity index (χ3v) is 6.04. The van der Waals surface area contributed by atoms with E-state index in [2.05, 4.69) is 0 Å². The highest BCUT2D eigenvalue weighted by Crippen LogP contribution is 2.27. The first-order chi connectivity index (χ1) is 9.41. The lowest BCUT2D eigenvalue weighted by Gasteiger charge is -2.18. The Labute approximate surface area is 121 Å². The SMILES string of the molecule is CN(c1ccccc1)S(=O)(=O)c1ccc(CC(=O)O)s1. The van der Waals surface area contributed by atoms with Crippen LogP contribution in [0.25, 0.3) is 0 Å². The summed E-state index contributed by atoms with van der Waals surface area (Å²) >= 11 is 0.981. The molecule has 1 N–H and O–H groups in total. The van der Waals surface area contributed by atoms with Crippen LogP contribution in [0.1, 0.15) is 4.88 Å². The molecule has 20 heavy (non-hydrogen) atoms. The second-order valence-electron chi connectivity index (χ2n) is 4.10. The molecule has 0 radical (unpaired) electrons. The molecular formula is C13H13NO4S2. The van der Waals surface area contributed by atoms with Crippen LogP contribution in [-0.2, 0) is 21.2 Å². The fraction of sp³-hybridized carbons (Fsp3) is 0.154. The van der Waals surface area contributed by atoms with E-state index >= 15 is 0 Å². The minimum absolute atomic E-state index is 0.139. The van der Waals surface area contributed by atoms with Gasteiger partial charge in [-0.2, -0.15) is 0 Å². The van der Waals surface area contributed by atoms with Crippen LogP contribution in [0.3, 0.4) is 0 Å². The molecule has 0 atom stereocenters. The van der Waals surface area contributed by atoms with Crippen molar-refractivity contribution in [3.8, 4) is 0 Å². The fourth-order valence-electron chi connectivity index (χ4n) is 1.65. The molecule has 0 aliphatic rings. The summed E-state index contributed by atoms with van der Waals surface area (Å²) in [6.45, 7) is 0. The molecule has 0 aliphatic heterocycles. The van der Waals surface area contributed by atoms with E-state index in [0.717, 1.165) is 11.3 Å². The van der Waals surface area contributed by atoms with E-state index < -0.39 is 16.0 Å². The first kappa shape index (κ1) is 14.5. The van der Waals surface area contributed by atoms with Gasteiger partial charge in [0.05, 0.1) is 12.1 Å². The Hall–Kier alpha value is -1.86. The normalized spacial score (nSPS) is 11.2. The minimum Gasteiger partial charge on any atom is -0.481 e. The summed E-state index contributed by atoms with van der Waals surface area (Å²) in [5.74, 6) is -0.979. The third-order valence-electron chi connectivity index (χ3n) is 2.70. The Kier molecular flexibility index (Phi) is 4.10. The predicted octanol–water partition coefficient (Wildman–Crippen LogP) is 2.20. The smallest absolute Gasteiger partial charge is 0.308 e. The maximum absolute atomic E-state index is 12.4. The maximum Gasteiger partial charge on any atom is 0.308 e. The molecule has 106 valence electrons. The molecule has 2 aromatic rings. The number of aliphatic carboxylic acids is 1. The van der Waals surface area contributed by atoms with Crippen molar-refractivity contribution >= 4 is 33.0 Å². The molecule has 5 nitrogen and oxygen atoms in total. The number of para-hydroxylation sites is 1. The zero-order chi connectivity index (χ0) is 14.8. The molecule has 1 heterocycles. The monoisotopic (exact) mass is 311 g/mol. The van der Waals surface area contributed by atoms with Gasteiger partial charge in [-0.15, -0.1) is 11.3 Å².